The Morgan fingerprint density at radius 1 is 1.16 bits per heavy atom. The monoisotopic (exact) mass is 466 g/mol. The topological polar surface area (TPSA) is 72.5 Å². The molecule has 1 atom stereocenters. The Morgan fingerprint density at radius 3 is 2.41 bits per heavy atom. The highest BCUT2D eigenvalue weighted by Crippen LogP contribution is 2.37. The standard InChI is InChI=1S/C22H29F3N4O2Si/c1-13-11-26-17(10-15(13)12-31-32(6,7)21(3,4)5)18(30)16-8-9-29-19(14(16)2)27-28-20(29)22(23,24)25/h8-11,18,30H,12H2,1-7H3. The summed E-state index contributed by atoms with van der Waals surface area (Å²) in [7, 11) is -1.96. The molecule has 0 aliphatic heterocycles. The van der Waals surface area contributed by atoms with Gasteiger partial charge in [0.15, 0.2) is 14.0 Å². The predicted molar refractivity (Wildman–Crippen MR) is 118 cm³/mol. The van der Waals surface area contributed by atoms with Crippen LogP contribution in [-0.2, 0) is 17.2 Å². The van der Waals surface area contributed by atoms with Crippen LogP contribution in [0.5, 0.6) is 0 Å². The number of aryl methyl sites for hydroxylation is 2. The van der Waals surface area contributed by atoms with Crippen molar-refractivity contribution in [1.29, 1.82) is 0 Å². The first-order chi connectivity index (χ1) is 14.6. The molecule has 0 saturated carbocycles. The minimum atomic E-state index is -4.62. The summed E-state index contributed by atoms with van der Waals surface area (Å²) < 4.78 is 46.6. The summed E-state index contributed by atoms with van der Waals surface area (Å²) in [4.78, 5) is 4.36. The van der Waals surface area contributed by atoms with Crippen LogP contribution >= 0.6 is 0 Å². The number of pyridine rings is 2. The van der Waals surface area contributed by atoms with Crippen molar-refractivity contribution in [1.82, 2.24) is 19.6 Å². The number of aliphatic hydroxyl groups is 1. The summed E-state index contributed by atoms with van der Waals surface area (Å²) in [6.45, 7) is 14.8. The number of hydrogen-bond acceptors (Lipinski definition) is 5. The van der Waals surface area contributed by atoms with E-state index in [1.54, 1.807) is 19.2 Å². The maximum atomic E-state index is 13.1. The van der Waals surface area contributed by atoms with Crippen molar-refractivity contribution in [2.75, 3.05) is 0 Å². The van der Waals surface area contributed by atoms with E-state index < -0.39 is 26.4 Å². The number of aliphatic hydroxyl groups excluding tert-OH is 1. The van der Waals surface area contributed by atoms with E-state index >= 15 is 0 Å². The number of alkyl halides is 3. The molecular weight excluding hydrogens is 437 g/mol. The first-order valence-corrected chi connectivity index (χ1v) is 13.2. The predicted octanol–water partition coefficient (Wildman–Crippen LogP) is 5.36. The van der Waals surface area contributed by atoms with Crippen molar-refractivity contribution in [3.05, 3.63) is 58.3 Å². The van der Waals surface area contributed by atoms with Crippen LogP contribution in [0, 0.1) is 13.8 Å². The highest BCUT2D eigenvalue weighted by atomic mass is 28.4. The largest absolute Gasteiger partial charge is 0.452 e. The average molecular weight is 467 g/mol. The van der Waals surface area contributed by atoms with Gasteiger partial charge in [0, 0.05) is 18.0 Å². The van der Waals surface area contributed by atoms with Gasteiger partial charge in [-0.1, -0.05) is 20.8 Å². The van der Waals surface area contributed by atoms with E-state index in [-0.39, 0.29) is 10.7 Å². The van der Waals surface area contributed by atoms with Crippen LogP contribution in [0.4, 0.5) is 13.2 Å². The number of rotatable bonds is 5. The molecule has 0 amide bonds. The van der Waals surface area contributed by atoms with Gasteiger partial charge in [-0.25, -0.2) is 0 Å². The lowest BCUT2D eigenvalue weighted by molar-refractivity contribution is -0.145. The van der Waals surface area contributed by atoms with Crippen molar-refractivity contribution in [3.8, 4) is 0 Å². The Morgan fingerprint density at radius 2 is 1.81 bits per heavy atom. The summed E-state index contributed by atoms with van der Waals surface area (Å²) in [6.07, 6.45) is -2.85. The van der Waals surface area contributed by atoms with E-state index in [1.807, 2.05) is 6.92 Å². The highest BCUT2D eigenvalue weighted by Gasteiger charge is 2.38. The minimum Gasteiger partial charge on any atom is -0.413 e. The molecule has 32 heavy (non-hydrogen) atoms. The molecule has 174 valence electrons. The molecule has 6 nitrogen and oxygen atoms in total. The molecule has 3 aromatic rings. The summed E-state index contributed by atoms with van der Waals surface area (Å²) in [6, 6.07) is 3.24. The van der Waals surface area contributed by atoms with Gasteiger partial charge in [-0.2, -0.15) is 13.2 Å². The fourth-order valence-corrected chi connectivity index (χ4v) is 4.06. The third-order valence-electron chi connectivity index (χ3n) is 6.33. The average Bonchev–Trinajstić information content (AvgIpc) is 3.12. The quantitative estimate of drug-likeness (QED) is 0.512. The van der Waals surface area contributed by atoms with Gasteiger partial charge in [-0.15, -0.1) is 10.2 Å². The third-order valence-corrected chi connectivity index (χ3v) is 10.8. The van der Waals surface area contributed by atoms with Gasteiger partial charge in [0.25, 0.3) is 0 Å². The van der Waals surface area contributed by atoms with Crippen molar-refractivity contribution in [2.45, 2.75) is 71.6 Å². The molecule has 3 rings (SSSR count). The molecule has 3 heterocycles. The van der Waals surface area contributed by atoms with E-state index in [0.29, 0.717) is 23.4 Å². The van der Waals surface area contributed by atoms with Crippen LogP contribution in [0.25, 0.3) is 5.65 Å². The normalized spacial score (nSPS) is 14.2. The molecule has 0 bridgehead atoms. The molecule has 0 aromatic carbocycles. The fourth-order valence-electron chi connectivity index (χ4n) is 3.11. The lowest BCUT2D eigenvalue weighted by atomic mass is 10.0. The van der Waals surface area contributed by atoms with Gasteiger partial charge in [-0.3, -0.25) is 9.38 Å². The van der Waals surface area contributed by atoms with Gasteiger partial charge < -0.3 is 9.53 Å². The second-order valence-electron chi connectivity index (χ2n) is 9.60. The summed E-state index contributed by atoms with van der Waals surface area (Å²) >= 11 is 0. The molecule has 0 aliphatic rings. The van der Waals surface area contributed by atoms with E-state index in [4.69, 9.17) is 4.43 Å². The van der Waals surface area contributed by atoms with Gasteiger partial charge in [-0.05, 0) is 60.8 Å². The zero-order chi connectivity index (χ0) is 24.1. The molecule has 0 fully saturated rings. The molecular formula is C22H29F3N4O2Si. The molecule has 0 aliphatic carbocycles. The Balaban J connectivity index is 1.93. The molecule has 10 heteroatoms. The molecule has 1 unspecified atom stereocenters. The Bertz CT molecular complexity index is 1140. The van der Waals surface area contributed by atoms with Gasteiger partial charge in [0.2, 0.25) is 5.82 Å². The van der Waals surface area contributed by atoms with Crippen LogP contribution in [0.2, 0.25) is 18.1 Å². The van der Waals surface area contributed by atoms with E-state index in [1.165, 1.54) is 12.3 Å². The summed E-state index contributed by atoms with van der Waals surface area (Å²) in [5.74, 6) is -1.10. The van der Waals surface area contributed by atoms with Gasteiger partial charge in [0.05, 0.1) is 12.3 Å². The van der Waals surface area contributed by atoms with Crippen LogP contribution in [0.15, 0.2) is 24.5 Å². The number of halogens is 3. The van der Waals surface area contributed by atoms with Crippen molar-refractivity contribution in [3.63, 3.8) is 0 Å². The maximum Gasteiger partial charge on any atom is 0.452 e. The number of fused-ring (bicyclic) bond motifs is 1. The van der Waals surface area contributed by atoms with E-state index in [9.17, 15) is 18.3 Å². The molecule has 0 radical (unpaired) electrons. The SMILES string of the molecule is Cc1cnc(C(O)c2ccn3c(C(F)(F)F)nnc3c2C)cc1CO[Si](C)(C)C(C)(C)C. The molecule has 0 spiro atoms. The second-order valence-corrected chi connectivity index (χ2v) is 14.4. The van der Waals surface area contributed by atoms with Crippen LogP contribution in [0.3, 0.4) is 0 Å². The third kappa shape index (κ3) is 4.57. The van der Waals surface area contributed by atoms with Crippen molar-refractivity contribution >= 4 is 14.0 Å². The van der Waals surface area contributed by atoms with Gasteiger partial charge in [0.1, 0.15) is 6.10 Å². The molecule has 3 aromatic heterocycles. The van der Waals surface area contributed by atoms with E-state index in [2.05, 4.69) is 49.0 Å². The van der Waals surface area contributed by atoms with Crippen molar-refractivity contribution < 1.29 is 22.7 Å². The van der Waals surface area contributed by atoms with E-state index in [0.717, 1.165) is 15.5 Å². The number of aromatic nitrogens is 4. The van der Waals surface area contributed by atoms with Crippen LogP contribution in [-0.4, -0.2) is 33.0 Å². The maximum absolute atomic E-state index is 13.1. The van der Waals surface area contributed by atoms with Crippen LogP contribution < -0.4 is 0 Å². The summed E-state index contributed by atoms with van der Waals surface area (Å²) in [5, 5.41) is 18.0. The van der Waals surface area contributed by atoms with Crippen LogP contribution in [0.1, 0.15) is 60.6 Å². The second kappa shape index (κ2) is 8.24. The first-order valence-electron chi connectivity index (χ1n) is 10.3. The van der Waals surface area contributed by atoms with Crippen molar-refractivity contribution in [2.24, 2.45) is 0 Å². The number of hydrogen-bond donors (Lipinski definition) is 1. The first kappa shape index (κ1) is 24.3. The fraction of sp³-hybridized carbons (Fsp3) is 0.500. The zero-order valence-electron chi connectivity index (χ0n) is 19.4. The molecule has 1 N–H and O–H groups in total. The smallest absolute Gasteiger partial charge is 0.413 e. The molecule has 0 saturated heterocycles. The zero-order valence-corrected chi connectivity index (χ0v) is 20.4. The van der Waals surface area contributed by atoms with Gasteiger partial charge >= 0.3 is 6.18 Å². The Hall–Kier alpha value is -2.30. The summed E-state index contributed by atoms with van der Waals surface area (Å²) in [5.41, 5.74) is 3.13. The Labute approximate surface area is 186 Å². The Kier molecular flexibility index (Phi) is 6.27. The lowest BCUT2D eigenvalue weighted by Gasteiger charge is -2.36. The minimum absolute atomic E-state index is 0.0440. The number of nitrogens with zero attached hydrogens (tertiary/aromatic N) is 4. The highest BCUT2D eigenvalue weighted by molar-refractivity contribution is 6.74. The lowest BCUT2D eigenvalue weighted by Crippen LogP contribution is -2.40.